The molecule has 2 aromatic heterocycles. The number of nitrogens with zero attached hydrogens (tertiary/aromatic N) is 2. The van der Waals surface area contributed by atoms with Crippen LogP contribution < -0.4 is 4.74 Å². The van der Waals surface area contributed by atoms with Crippen LogP contribution in [0.3, 0.4) is 0 Å². The van der Waals surface area contributed by atoms with E-state index in [0.717, 1.165) is 23.3 Å². The molecule has 5 rings (SSSR count). The van der Waals surface area contributed by atoms with Gasteiger partial charge in [0.25, 0.3) is 5.91 Å². The lowest BCUT2D eigenvalue weighted by atomic mass is 10.00. The highest BCUT2D eigenvalue weighted by atomic mass is 32.1. The molecule has 6 nitrogen and oxygen atoms in total. The highest BCUT2D eigenvalue weighted by molar-refractivity contribution is 7.10. The lowest BCUT2D eigenvalue weighted by Crippen LogP contribution is -2.47. The van der Waals surface area contributed by atoms with Crippen LogP contribution in [-0.4, -0.2) is 41.3 Å². The average molecular weight is 543 g/mol. The van der Waals surface area contributed by atoms with Gasteiger partial charge in [-0.25, -0.2) is 0 Å². The SMILES string of the molecule is Cc1ccccc1C(=O)N(CC(=O)N1CCc2sccc2C1COc1ccc(C(C)C)cc1)Cc1ccco1. The van der Waals surface area contributed by atoms with Gasteiger partial charge in [-0.2, -0.15) is 0 Å². The van der Waals surface area contributed by atoms with Crippen LogP contribution in [0.2, 0.25) is 0 Å². The third kappa shape index (κ3) is 6.09. The maximum atomic E-state index is 13.9. The van der Waals surface area contributed by atoms with E-state index in [9.17, 15) is 9.59 Å². The minimum absolute atomic E-state index is 0.0487. The lowest BCUT2D eigenvalue weighted by Gasteiger charge is -2.37. The summed E-state index contributed by atoms with van der Waals surface area (Å²) in [5.41, 5.74) is 3.84. The van der Waals surface area contributed by atoms with Crippen LogP contribution in [0.25, 0.3) is 0 Å². The van der Waals surface area contributed by atoms with Gasteiger partial charge in [0.15, 0.2) is 0 Å². The summed E-state index contributed by atoms with van der Waals surface area (Å²) in [6.45, 7) is 7.33. The average Bonchev–Trinajstić information content (AvgIpc) is 3.64. The summed E-state index contributed by atoms with van der Waals surface area (Å²) < 4.78 is 11.8. The van der Waals surface area contributed by atoms with Crippen LogP contribution in [0.5, 0.6) is 5.75 Å². The minimum atomic E-state index is -0.226. The van der Waals surface area contributed by atoms with Crippen LogP contribution in [0.15, 0.2) is 82.8 Å². The second-order valence-electron chi connectivity index (χ2n) is 10.2. The van der Waals surface area contributed by atoms with Crippen molar-refractivity contribution in [3.05, 3.63) is 111 Å². The molecule has 1 aliphatic heterocycles. The number of furan rings is 1. The number of hydrogen-bond acceptors (Lipinski definition) is 5. The monoisotopic (exact) mass is 542 g/mol. The number of ether oxygens (including phenoxy) is 1. The second-order valence-corrected chi connectivity index (χ2v) is 11.2. The molecule has 0 spiro atoms. The summed E-state index contributed by atoms with van der Waals surface area (Å²) in [6, 6.07) is 21.1. The van der Waals surface area contributed by atoms with Gasteiger partial charge < -0.3 is 19.0 Å². The van der Waals surface area contributed by atoms with Gasteiger partial charge in [-0.15, -0.1) is 11.3 Å². The highest BCUT2D eigenvalue weighted by Gasteiger charge is 2.34. The molecule has 2 amide bonds. The minimum Gasteiger partial charge on any atom is -0.491 e. The molecule has 0 fully saturated rings. The maximum absolute atomic E-state index is 13.9. The number of benzene rings is 2. The zero-order valence-electron chi connectivity index (χ0n) is 22.6. The van der Waals surface area contributed by atoms with Crippen LogP contribution in [0, 0.1) is 6.92 Å². The van der Waals surface area contributed by atoms with Gasteiger partial charge >= 0.3 is 0 Å². The Hall–Kier alpha value is -3.84. The van der Waals surface area contributed by atoms with Crippen LogP contribution >= 0.6 is 11.3 Å². The Morgan fingerprint density at radius 3 is 2.59 bits per heavy atom. The van der Waals surface area contributed by atoms with Gasteiger partial charge in [0.1, 0.15) is 24.7 Å². The first-order valence-electron chi connectivity index (χ1n) is 13.4. The third-order valence-electron chi connectivity index (χ3n) is 7.29. The van der Waals surface area contributed by atoms with E-state index >= 15 is 0 Å². The molecule has 7 heteroatoms. The lowest BCUT2D eigenvalue weighted by molar-refractivity contribution is -0.135. The van der Waals surface area contributed by atoms with E-state index in [1.807, 2.05) is 48.2 Å². The molecule has 0 aliphatic carbocycles. The van der Waals surface area contributed by atoms with E-state index in [1.54, 1.807) is 34.6 Å². The molecule has 0 saturated heterocycles. The molecule has 4 aromatic rings. The second kappa shape index (κ2) is 11.9. The number of fused-ring (bicyclic) bond motifs is 1. The van der Waals surface area contributed by atoms with Crippen molar-refractivity contribution in [2.75, 3.05) is 19.7 Å². The van der Waals surface area contributed by atoms with Gasteiger partial charge in [0, 0.05) is 17.0 Å². The van der Waals surface area contributed by atoms with Crippen molar-refractivity contribution >= 4 is 23.2 Å². The van der Waals surface area contributed by atoms with Gasteiger partial charge in [0.05, 0.1) is 18.8 Å². The molecule has 0 radical (unpaired) electrons. The summed E-state index contributed by atoms with van der Waals surface area (Å²) in [5, 5.41) is 2.08. The molecule has 1 aliphatic rings. The van der Waals surface area contributed by atoms with Crippen molar-refractivity contribution in [3.63, 3.8) is 0 Å². The van der Waals surface area contributed by atoms with E-state index in [2.05, 4.69) is 37.4 Å². The Kier molecular flexibility index (Phi) is 8.17. The van der Waals surface area contributed by atoms with Crippen molar-refractivity contribution < 1.29 is 18.7 Å². The standard InChI is InChI=1S/C32H34N2O4S/c1-22(2)24-10-12-25(13-11-24)38-21-29-28-15-18-39-30(28)14-16-34(29)31(35)20-33(19-26-8-6-17-37-26)32(36)27-9-5-4-7-23(27)3/h4-13,15,17-18,22,29H,14,16,19-21H2,1-3H3. The summed E-state index contributed by atoms with van der Waals surface area (Å²) in [6.07, 6.45) is 2.37. The summed E-state index contributed by atoms with van der Waals surface area (Å²) in [5.74, 6) is 1.56. The predicted molar refractivity (Wildman–Crippen MR) is 153 cm³/mol. The fourth-order valence-electron chi connectivity index (χ4n) is 5.03. The summed E-state index contributed by atoms with van der Waals surface area (Å²) in [4.78, 5) is 32.2. The maximum Gasteiger partial charge on any atom is 0.255 e. The number of amides is 2. The molecule has 202 valence electrons. The summed E-state index contributed by atoms with van der Waals surface area (Å²) in [7, 11) is 0. The molecular weight excluding hydrogens is 508 g/mol. The first kappa shape index (κ1) is 26.8. The Labute approximate surface area is 233 Å². The van der Waals surface area contributed by atoms with Crippen LogP contribution in [0.4, 0.5) is 0 Å². The number of rotatable bonds is 9. The molecule has 0 bridgehead atoms. The first-order chi connectivity index (χ1) is 18.9. The Balaban J connectivity index is 1.36. The quantitative estimate of drug-likeness (QED) is 0.238. The molecule has 0 N–H and O–H groups in total. The molecule has 2 aromatic carbocycles. The van der Waals surface area contributed by atoms with Gasteiger partial charge in [-0.3, -0.25) is 9.59 Å². The third-order valence-corrected chi connectivity index (χ3v) is 8.28. The number of hydrogen-bond donors (Lipinski definition) is 0. The van der Waals surface area contributed by atoms with E-state index in [0.29, 0.717) is 30.4 Å². The topological polar surface area (TPSA) is 63.0 Å². The number of thiophene rings is 1. The highest BCUT2D eigenvalue weighted by Crippen LogP contribution is 2.34. The van der Waals surface area contributed by atoms with Gasteiger partial charge in [0.2, 0.25) is 5.91 Å². The van der Waals surface area contributed by atoms with E-state index < -0.39 is 0 Å². The van der Waals surface area contributed by atoms with Crippen LogP contribution in [-0.2, 0) is 17.8 Å². The Morgan fingerprint density at radius 2 is 1.87 bits per heavy atom. The van der Waals surface area contributed by atoms with Crippen molar-refractivity contribution in [1.29, 1.82) is 0 Å². The van der Waals surface area contributed by atoms with Crippen molar-refractivity contribution in [1.82, 2.24) is 9.80 Å². The number of aryl methyl sites for hydroxylation is 1. The molecule has 3 heterocycles. The normalized spacial score (nSPS) is 14.8. The predicted octanol–water partition coefficient (Wildman–Crippen LogP) is 6.62. The molecular formula is C32H34N2O4S. The zero-order chi connectivity index (χ0) is 27.4. The van der Waals surface area contributed by atoms with Crippen LogP contribution in [0.1, 0.15) is 63.5 Å². The Bertz CT molecular complexity index is 1410. The molecule has 1 atom stereocenters. The number of carbonyl (C=O) groups is 2. The molecule has 0 saturated carbocycles. The first-order valence-corrected chi connectivity index (χ1v) is 14.2. The van der Waals surface area contributed by atoms with Crippen molar-refractivity contribution in [2.24, 2.45) is 0 Å². The molecule has 39 heavy (non-hydrogen) atoms. The van der Waals surface area contributed by atoms with E-state index in [-0.39, 0.29) is 30.9 Å². The smallest absolute Gasteiger partial charge is 0.255 e. The van der Waals surface area contributed by atoms with E-state index in [1.165, 1.54) is 10.4 Å². The summed E-state index contributed by atoms with van der Waals surface area (Å²) >= 11 is 1.72. The Morgan fingerprint density at radius 1 is 1.08 bits per heavy atom. The van der Waals surface area contributed by atoms with Gasteiger partial charge in [-0.1, -0.05) is 44.2 Å². The largest absolute Gasteiger partial charge is 0.491 e. The van der Waals surface area contributed by atoms with Crippen molar-refractivity contribution in [3.8, 4) is 5.75 Å². The fourth-order valence-corrected chi connectivity index (χ4v) is 5.95. The number of carbonyl (C=O) groups excluding carboxylic acids is 2. The fraction of sp³-hybridized carbons (Fsp3) is 0.312. The van der Waals surface area contributed by atoms with Crippen molar-refractivity contribution in [2.45, 2.75) is 45.7 Å². The zero-order valence-corrected chi connectivity index (χ0v) is 23.4. The molecule has 1 unspecified atom stereocenters. The van der Waals surface area contributed by atoms with E-state index in [4.69, 9.17) is 9.15 Å². The van der Waals surface area contributed by atoms with Gasteiger partial charge in [-0.05, 0) is 77.7 Å².